The number of hydrogen-bond donors (Lipinski definition) is 2. The van der Waals surface area contributed by atoms with E-state index in [2.05, 4.69) is 9.80 Å². The molecule has 4 N–H and O–H groups in total. The quantitative estimate of drug-likeness (QED) is 0.858. The number of amides is 1. The highest BCUT2D eigenvalue weighted by Crippen LogP contribution is 2.45. The fourth-order valence-corrected chi connectivity index (χ4v) is 4.26. The lowest BCUT2D eigenvalue weighted by Crippen LogP contribution is -2.50. The molecule has 3 rings (SSSR count). The molecule has 0 spiro atoms. The molecular formula is C13H20N4O2S. The number of piperazine rings is 1. The van der Waals surface area contributed by atoms with E-state index in [1.165, 1.54) is 30.7 Å². The van der Waals surface area contributed by atoms with Crippen molar-refractivity contribution < 1.29 is 9.53 Å². The summed E-state index contributed by atoms with van der Waals surface area (Å²) >= 11 is 1.34. The first kappa shape index (κ1) is 13.5. The summed E-state index contributed by atoms with van der Waals surface area (Å²) in [6.07, 6.45) is 2.51. The predicted molar refractivity (Wildman–Crippen MR) is 80.6 cm³/mol. The standard InChI is InChI=1S/C13H20N4O2S/c1-19-10-9(14)11(12(15)18)20-13(10)17-6-5-16-4-2-3-8(16)7-17/h8H,2-7,14H2,1H3,(H2,15,18). The number of fused-ring (bicyclic) bond motifs is 1. The zero-order valence-electron chi connectivity index (χ0n) is 11.6. The van der Waals surface area contributed by atoms with Gasteiger partial charge in [0.15, 0.2) is 5.75 Å². The van der Waals surface area contributed by atoms with Crippen LogP contribution in [0, 0.1) is 0 Å². The number of carbonyl (C=O) groups is 1. The number of rotatable bonds is 3. The highest BCUT2D eigenvalue weighted by molar-refractivity contribution is 7.19. The van der Waals surface area contributed by atoms with Gasteiger partial charge in [-0.3, -0.25) is 9.69 Å². The van der Waals surface area contributed by atoms with Crippen LogP contribution < -0.4 is 21.1 Å². The van der Waals surface area contributed by atoms with Gasteiger partial charge in [0.2, 0.25) is 0 Å². The van der Waals surface area contributed by atoms with Crippen molar-refractivity contribution in [1.82, 2.24) is 4.90 Å². The summed E-state index contributed by atoms with van der Waals surface area (Å²) in [7, 11) is 1.58. The third-order valence-corrected chi connectivity index (χ3v) is 5.45. The molecule has 2 fully saturated rings. The van der Waals surface area contributed by atoms with E-state index in [0.29, 0.717) is 22.4 Å². The number of anilines is 2. The smallest absolute Gasteiger partial charge is 0.261 e. The summed E-state index contributed by atoms with van der Waals surface area (Å²) in [5, 5.41) is 0.936. The Hall–Kier alpha value is -1.47. The van der Waals surface area contributed by atoms with Crippen LogP contribution in [-0.4, -0.2) is 50.1 Å². The van der Waals surface area contributed by atoms with Gasteiger partial charge in [-0.15, -0.1) is 11.3 Å². The fourth-order valence-electron chi connectivity index (χ4n) is 3.18. The van der Waals surface area contributed by atoms with Crippen LogP contribution in [0.25, 0.3) is 0 Å². The van der Waals surface area contributed by atoms with E-state index in [9.17, 15) is 4.79 Å². The molecule has 20 heavy (non-hydrogen) atoms. The van der Waals surface area contributed by atoms with Crippen LogP contribution in [0.4, 0.5) is 10.7 Å². The van der Waals surface area contributed by atoms with Gasteiger partial charge in [-0.05, 0) is 19.4 Å². The molecule has 1 aromatic rings. The van der Waals surface area contributed by atoms with Crippen LogP contribution in [0.3, 0.4) is 0 Å². The number of carbonyl (C=O) groups excluding carboxylic acids is 1. The number of nitrogens with zero attached hydrogens (tertiary/aromatic N) is 2. The summed E-state index contributed by atoms with van der Waals surface area (Å²) in [5.41, 5.74) is 11.7. The van der Waals surface area contributed by atoms with Gasteiger partial charge in [0.05, 0.1) is 7.11 Å². The molecule has 6 nitrogen and oxygen atoms in total. The van der Waals surface area contributed by atoms with E-state index < -0.39 is 5.91 Å². The lowest BCUT2D eigenvalue weighted by atomic mass is 10.1. The number of hydrogen-bond acceptors (Lipinski definition) is 6. The lowest BCUT2D eigenvalue weighted by Gasteiger charge is -2.38. The number of thiophene rings is 1. The number of methoxy groups -OCH3 is 1. The Balaban J connectivity index is 1.89. The van der Waals surface area contributed by atoms with Gasteiger partial charge in [-0.1, -0.05) is 0 Å². The predicted octanol–water partition coefficient (Wildman–Crippen LogP) is 0.722. The fraction of sp³-hybridized carbons (Fsp3) is 0.615. The second-order valence-electron chi connectivity index (χ2n) is 5.33. The molecule has 0 bridgehead atoms. The lowest BCUT2D eigenvalue weighted by molar-refractivity contribution is 0.100. The first-order valence-corrected chi connectivity index (χ1v) is 7.68. The van der Waals surface area contributed by atoms with Gasteiger partial charge in [0.25, 0.3) is 5.91 Å². The van der Waals surface area contributed by atoms with Crippen LogP contribution >= 0.6 is 11.3 Å². The second-order valence-corrected chi connectivity index (χ2v) is 6.32. The second kappa shape index (κ2) is 5.14. The van der Waals surface area contributed by atoms with Gasteiger partial charge >= 0.3 is 0 Å². The monoisotopic (exact) mass is 296 g/mol. The van der Waals surface area contributed by atoms with Crippen molar-refractivity contribution in [3.8, 4) is 5.75 Å². The van der Waals surface area contributed by atoms with Crippen molar-refractivity contribution in [3.05, 3.63) is 4.88 Å². The Bertz CT molecular complexity index is 531. The van der Waals surface area contributed by atoms with Gasteiger partial charge in [-0.2, -0.15) is 0 Å². The van der Waals surface area contributed by atoms with E-state index in [1.807, 2.05) is 0 Å². The summed E-state index contributed by atoms with van der Waals surface area (Å²) < 4.78 is 5.39. The minimum absolute atomic E-state index is 0.369. The Kier molecular flexibility index (Phi) is 3.47. The van der Waals surface area contributed by atoms with Gasteiger partial charge in [0.1, 0.15) is 15.6 Å². The van der Waals surface area contributed by atoms with E-state index in [4.69, 9.17) is 16.2 Å². The molecule has 0 aliphatic carbocycles. The molecule has 1 atom stereocenters. The summed E-state index contributed by atoms with van der Waals surface area (Å²) in [6, 6.07) is 0.605. The SMILES string of the molecule is COc1c(N2CCN3CCCC3C2)sc(C(N)=O)c1N. The van der Waals surface area contributed by atoms with E-state index in [-0.39, 0.29) is 0 Å². The van der Waals surface area contributed by atoms with Crippen molar-refractivity contribution in [2.45, 2.75) is 18.9 Å². The molecule has 2 aliphatic heterocycles. The molecule has 0 radical (unpaired) electrons. The van der Waals surface area contributed by atoms with Gasteiger partial charge < -0.3 is 21.1 Å². The molecule has 0 saturated carbocycles. The molecule has 1 unspecified atom stereocenters. The molecule has 0 aromatic carbocycles. The van der Waals surface area contributed by atoms with Crippen molar-refractivity contribution in [1.29, 1.82) is 0 Å². The highest BCUT2D eigenvalue weighted by Gasteiger charge is 2.33. The van der Waals surface area contributed by atoms with Crippen LogP contribution in [0.15, 0.2) is 0 Å². The Morgan fingerprint density at radius 3 is 2.90 bits per heavy atom. The summed E-state index contributed by atoms with van der Waals surface area (Å²) in [4.78, 5) is 16.6. The highest BCUT2D eigenvalue weighted by atomic mass is 32.1. The summed E-state index contributed by atoms with van der Waals surface area (Å²) in [5.74, 6) is 0.104. The molecule has 1 amide bonds. The first-order chi connectivity index (χ1) is 9.61. The van der Waals surface area contributed by atoms with Crippen molar-refractivity contribution >= 4 is 27.9 Å². The van der Waals surface area contributed by atoms with Crippen molar-refractivity contribution in [2.24, 2.45) is 5.73 Å². The topological polar surface area (TPSA) is 84.8 Å². The number of nitrogens with two attached hydrogens (primary N) is 2. The van der Waals surface area contributed by atoms with Gasteiger partial charge in [0, 0.05) is 25.7 Å². The average molecular weight is 296 g/mol. The Morgan fingerprint density at radius 2 is 2.20 bits per heavy atom. The zero-order valence-corrected chi connectivity index (χ0v) is 12.4. The number of ether oxygens (including phenoxy) is 1. The minimum atomic E-state index is -0.489. The largest absolute Gasteiger partial charge is 0.492 e. The molecular weight excluding hydrogens is 276 g/mol. The Morgan fingerprint density at radius 1 is 1.40 bits per heavy atom. The van der Waals surface area contributed by atoms with Crippen molar-refractivity contribution in [2.75, 3.05) is 43.9 Å². The van der Waals surface area contributed by atoms with Crippen molar-refractivity contribution in [3.63, 3.8) is 0 Å². The maximum Gasteiger partial charge on any atom is 0.261 e. The van der Waals surface area contributed by atoms with E-state index in [1.54, 1.807) is 7.11 Å². The molecule has 1 aromatic heterocycles. The van der Waals surface area contributed by atoms with Crippen LogP contribution in [-0.2, 0) is 0 Å². The summed E-state index contributed by atoms with van der Waals surface area (Å²) in [6.45, 7) is 4.16. The zero-order chi connectivity index (χ0) is 14.3. The maximum atomic E-state index is 11.4. The minimum Gasteiger partial charge on any atom is -0.492 e. The Labute approximate surface area is 122 Å². The third kappa shape index (κ3) is 2.10. The number of primary amides is 1. The average Bonchev–Trinajstić information content (AvgIpc) is 3.01. The van der Waals surface area contributed by atoms with Crippen LogP contribution in [0.2, 0.25) is 0 Å². The molecule has 2 saturated heterocycles. The first-order valence-electron chi connectivity index (χ1n) is 6.87. The van der Waals surface area contributed by atoms with Gasteiger partial charge in [-0.25, -0.2) is 0 Å². The molecule has 7 heteroatoms. The number of nitrogen functional groups attached to an aromatic ring is 1. The molecule has 110 valence electrons. The van der Waals surface area contributed by atoms with E-state index >= 15 is 0 Å². The molecule has 3 heterocycles. The van der Waals surface area contributed by atoms with E-state index in [0.717, 1.165) is 24.6 Å². The maximum absolute atomic E-state index is 11.4. The third-order valence-electron chi connectivity index (χ3n) is 4.18. The van der Waals surface area contributed by atoms with Crippen LogP contribution in [0.1, 0.15) is 22.5 Å². The molecule has 2 aliphatic rings. The van der Waals surface area contributed by atoms with Crippen LogP contribution in [0.5, 0.6) is 5.75 Å². The normalized spacial score (nSPS) is 22.9.